The lowest BCUT2D eigenvalue weighted by atomic mass is 9.99. The van der Waals surface area contributed by atoms with Crippen molar-refractivity contribution >= 4 is 46.6 Å². The summed E-state index contributed by atoms with van der Waals surface area (Å²) in [6, 6.07) is 17.7. The van der Waals surface area contributed by atoms with Crippen LogP contribution in [0.15, 0.2) is 66.7 Å². The Labute approximate surface area is 226 Å². The summed E-state index contributed by atoms with van der Waals surface area (Å²) in [6.45, 7) is 5.62. The fourth-order valence-electron chi connectivity index (χ4n) is 3.79. The second-order valence-corrected chi connectivity index (χ2v) is 10.8. The number of carbonyl (C=O) groups is 2. The molecular formula is C28H28Cl3FN2O2. The summed E-state index contributed by atoms with van der Waals surface area (Å²) in [5, 5.41) is 3.94. The molecule has 190 valence electrons. The Kier molecular flexibility index (Phi) is 9.40. The van der Waals surface area contributed by atoms with Crippen molar-refractivity contribution in [3.63, 3.8) is 0 Å². The zero-order valence-electron chi connectivity index (χ0n) is 20.3. The van der Waals surface area contributed by atoms with Gasteiger partial charge in [0.2, 0.25) is 11.8 Å². The van der Waals surface area contributed by atoms with Gasteiger partial charge in [-0.15, -0.1) is 0 Å². The van der Waals surface area contributed by atoms with Crippen LogP contribution < -0.4 is 5.32 Å². The van der Waals surface area contributed by atoms with Crippen molar-refractivity contribution in [1.29, 1.82) is 0 Å². The normalized spacial score (nSPS) is 12.2. The first kappa shape index (κ1) is 28.0. The summed E-state index contributed by atoms with van der Waals surface area (Å²) < 4.78 is 14.6. The average Bonchev–Trinajstić information content (AvgIpc) is 2.79. The van der Waals surface area contributed by atoms with E-state index in [1.807, 2.05) is 51.1 Å². The van der Waals surface area contributed by atoms with Crippen LogP contribution in [0, 0.1) is 5.82 Å². The Bertz CT molecular complexity index is 1210. The Balaban J connectivity index is 2.06. The van der Waals surface area contributed by atoms with Crippen LogP contribution in [0.1, 0.15) is 37.5 Å². The van der Waals surface area contributed by atoms with E-state index < -0.39 is 23.3 Å². The fraction of sp³-hybridized carbons (Fsp3) is 0.286. The molecule has 0 aliphatic rings. The lowest BCUT2D eigenvalue weighted by molar-refractivity contribution is -0.141. The molecule has 0 fully saturated rings. The minimum atomic E-state index is -0.892. The van der Waals surface area contributed by atoms with E-state index in [1.165, 1.54) is 23.1 Å². The van der Waals surface area contributed by atoms with Crippen molar-refractivity contribution in [1.82, 2.24) is 10.2 Å². The third-order valence-electron chi connectivity index (χ3n) is 5.51. The van der Waals surface area contributed by atoms with Gasteiger partial charge in [0.15, 0.2) is 0 Å². The largest absolute Gasteiger partial charge is 0.350 e. The van der Waals surface area contributed by atoms with Gasteiger partial charge in [-0.1, -0.05) is 77.3 Å². The highest BCUT2D eigenvalue weighted by atomic mass is 35.5. The average molecular weight is 550 g/mol. The van der Waals surface area contributed by atoms with E-state index >= 15 is 0 Å². The number of nitrogens with one attached hydrogen (secondary N) is 1. The van der Waals surface area contributed by atoms with E-state index in [9.17, 15) is 14.0 Å². The Morgan fingerprint density at radius 2 is 1.64 bits per heavy atom. The van der Waals surface area contributed by atoms with E-state index in [0.717, 1.165) is 5.56 Å². The predicted octanol–water partition coefficient (Wildman–Crippen LogP) is 6.88. The summed E-state index contributed by atoms with van der Waals surface area (Å²) in [5.41, 5.74) is 1.02. The Morgan fingerprint density at radius 3 is 2.25 bits per heavy atom. The van der Waals surface area contributed by atoms with Crippen LogP contribution in [0.5, 0.6) is 0 Å². The van der Waals surface area contributed by atoms with E-state index in [-0.39, 0.29) is 35.9 Å². The molecule has 36 heavy (non-hydrogen) atoms. The molecule has 0 bridgehead atoms. The summed E-state index contributed by atoms with van der Waals surface area (Å²) in [6.07, 6.45) is -0.0600. The highest BCUT2D eigenvalue weighted by Gasteiger charge is 2.33. The first-order chi connectivity index (χ1) is 16.9. The molecular weight excluding hydrogens is 522 g/mol. The molecule has 1 unspecified atom stereocenters. The van der Waals surface area contributed by atoms with Gasteiger partial charge in [-0.25, -0.2) is 4.39 Å². The topological polar surface area (TPSA) is 49.4 Å². The number of hydrogen-bond acceptors (Lipinski definition) is 2. The van der Waals surface area contributed by atoms with Gasteiger partial charge in [0.25, 0.3) is 0 Å². The second kappa shape index (κ2) is 12.1. The Morgan fingerprint density at radius 1 is 0.944 bits per heavy atom. The van der Waals surface area contributed by atoms with E-state index in [2.05, 4.69) is 5.32 Å². The smallest absolute Gasteiger partial charge is 0.243 e. The number of amides is 2. The van der Waals surface area contributed by atoms with Gasteiger partial charge in [0, 0.05) is 39.1 Å². The van der Waals surface area contributed by atoms with Crippen molar-refractivity contribution in [3.8, 4) is 0 Å². The first-order valence-electron chi connectivity index (χ1n) is 11.5. The maximum absolute atomic E-state index is 14.6. The standard InChI is InChI=1S/C28H28Cl3FN2O2/c1-28(2,3)33-27(36)25(14-18-8-5-4-6-9-18)34(17-19-12-13-20(29)15-23(19)31)26(35)16-21-22(30)10-7-11-24(21)32/h4-13,15,25H,14,16-17H2,1-3H3,(H,33,36). The molecule has 0 saturated carbocycles. The summed E-state index contributed by atoms with van der Waals surface area (Å²) >= 11 is 18.7. The molecule has 0 aromatic heterocycles. The third kappa shape index (κ3) is 7.70. The van der Waals surface area contributed by atoms with E-state index in [1.54, 1.807) is 18.2 Å². The van der Waals surface area contributed by atoms with Gasteiger partial charge < -0.3 is 10.2 Å². The van der Waals surface area contributed by atoms with Crippen LogP contribution in [-0.2, 0) is 29.0 Å². The third-order valence-corrected chi connectivity index (χ3v) is 6.46. The molecule has 0 heterocycles. The quantitative estimate of drug-likeness (QED) is 0.333. The van der Waals surface area contributed by atoms with Gasteiger partial charge in [-0.05, 0) is 56.2 Å². The van der Waals surface area contributed by atoms with Crippen LogP contribution in [0.25, 0.3) is 0 Å². The maximum Gasteiger partial charge on any atom is 0.243 e. The van der Waals surface area contributed by atoms with Crippen LogP contribution >= 0.6 is 34.8 Å². The number of benzene rings is 3. The van der Waals surface area contributed by atoms with Crippen molar-refractivity contribution in [2.75, 3.05) is 0 Å². The highest BCUT2D eigenvalue weighted by molar-refractivity contribution is 6.35. The second-order valence-electron chi connectivity index (χ2n) is 9.58. The van der Waals surface area contributed by atoms with Gasteiger partial charge in [-0.2, -0.15) is 0 Å². The Hall–Kier alpha value is -2.60. The predicted molar refractivity (Wildman–Crippen MR) is 144 cm³/mol. The molecule has 0 saturated heterocycles. The first-order valence-corrected chi connectivity index (χ1v) is 12.6. The molecule has 3 aromatic carbocycles. The maximum atomic E-state index is 14.6. The molecule has 0 aliphatic carbocycles. The molecule has 1 atom stereocenters. The molecule has 3 rings (SSSR count). The highest BCUT2D eigenvalue weighted by Crippen LogP contribution is 2.26. The molecule has 3 aromatic rings. The van der Waals surface area contributed by atoms with Gasteiger partial charge >= 0.3 is 0 Å². The van der Waals surface area contributed by atoms with Crippen LogP contribution in [0.3, 0.4) is 0 Å². The van der Waals surface area contributed by atoms with Gasteiger partial charge in [-0.3, -0.25) is 9.59 Å². The molecule has 0 radical (unpaired) electrons. The molecule has 4 nitrogen and oxygen atoms in total. The van der Waals surface area contributed by atoms with E-state index in [4.69, 9.17) is 34.8 Å². The van der Waals surface area contributed by atoms with Crippen LogP contribution in [0.2, 0.25) is 15.1 Å². The fourth-order valence-corrected chi connectivity index (χ4v) is 4.49. The van der Waals surface area contributed by atoms with E-state index in [0.29, 0.717) is 15.6 Å². The zero-order valence-corrected chi connectivity index (χ0v) is 22.6. The zero-order chi connectivity index (χ0) is 26.5. The van der Waals surface area contributed by atoms with Gasteiger partial charge in [0.1, 0.15) is 11.9 Å². The minimum absolute atomic E-state index is 0.0238. The lowest BCUT2D eigenvalue weighted by Gasteiger charge is -2.34. The van der Waals surface area contributed by atoms with Crippen molar-refractivity contribution < 1.29 is 14.0 Å². The molecule has 2 amide bonds. The summed E-state index contributed by atoms with van der Waals surface area (Å²) in [4.78, 5) is 28.8. The number of carbonyl (C=O) groups excluding carboxylic acids is 2. The van der Waals surface area contributed by atoms with Crippen LogP contribution in [-0.4, -0.2) is 28.3 Å². The number of nitrogens with zero attached hydrogens (tertiary/aromatic N) is 1. The molecule has 0 aliphatic heterocycles. The SMILES string of the molecule is CC(C)(C)NC(=O)C(Cc1ccccc1)N(Cc1ccc(Cl)cc1Cl)C(=O)Cc1c(F)cccc1Cl. The number of rotatable bonds is 8. The molecule has 8 heteroatoms. The molecule has 0 spiro atoms. The minimum Gasteiger partial charge on any atom is -0.350 e. The number of halogens is 4. The van der Waals surface area contributed by atoms with Gasteiger partial charge in [0.05, 0.1) is 6.42 Å². The lowest BCUT2D eigenvalue weighted by Crippen LogP contribution is -2.54. The molecule has 1 N–H and O–H groups in total. The summed E-state index contributed by atoms with van der Waals surface area (Å²) in [7, 11) is 0. The van der Waals surface area contributed by atoms with Crippen molar-refractivity contribution in [3.05, 3.63) is 104 Å². The monoisotopic (exact) mass is 548 g/mol. The number of hydrogen-bond donors (Lipinski definition) is 1. The van der Waals surface area contributed by atoms with Crippen molar-refractivity contribution in [2.24, 2.45) is 0 Å². The summed E-state index contributed by atoms with van der Waals surface area (Å²) in [5.74, 6) is -1.37. The van der Waals surface area contributed by atoms with Crippen molar-refractivity contribution in [2.45, 2.75) is 51.7 Å². The van der Waals surface area contributed by atoms with Crippen LogP contribution in [0.4, 0.5) is 4.39 Å².